The van der Waals surface area contributed by atoms with Crippen molar-refractivity contribution in [2.45, 2.75) is 45.3 Å². The van der Waals surface area contributed by atoms with Gasteiger partial charge in [0.1, 0.15) is 0 Å². The van der Waals surface area contributed by atoms with Gasteiger partial charge in [0.25, 0.3) is 0 Å². The molecule has 0 N–H and O–H groups in total. The largest absolute Gasteiger partial charge is 0.372 e. The van der Waals surface area contributed by atoms with Gasteiger partial charge in [-0.2, -0.15) is 0 Å². The van der Waals surface area contributed by atoms with Gasteiger partial charge in [-0.25, -0.2) is 0 Å². The predicted molar refractivity (Wildman–Crippen MR) is 76.1 cm³/mol. The standard InChI is InChI=1S/C16H23NO2/c1-12(15-7-5-4-6-8-15)9-16(18)17-10-13(2)19-14(3)11-17/h4-8,12-14H,9-11H2,1-3H3/t12-,13-,14+/m0/s1. The SMILES string of the molecule is C[C@@H]1CN(C(=O)C[C@H](C)c2ccccc2)C[C@H](C)O1. The van der Waals surface area contributed by atoms with Crippen LogP contribution < -0.4 is 0 Å². The molecular weight excluding hydrogens is 238 g/mol. The van der Waals surface area contributed by atoms with Crippen molar-refractivity contribution in [1.29, 1.82) is 0 Å². The van der Waals surface area contributed by atoms with E-state index in [-0.39, 0.29) is 24.0 Å². The summed E-state index contributed by atoms with van der Waals surface area (Å²) in [7, 11) is 0. The molecule has 3 atom stereocenters. The molecule has 0 saturated carbocycles. The van der Waals surface area contributed by atoms with Gasteiger partial charge in [-0.3, -0.25) is 4.79 Å². The van der Waals surface area contributed by atoms with Crippen molar-refractivity contribution in [3.8, 4) is 0 Å². The van der Waals surface area contributed by atoms with Crippen LogP contribution in [0.15, 0.2) is 30.3 Å². The average molecular weight is 261 g/mol. The van der Waals surface area contributed by atoms with E-state index in [0.717, 1.165) is 0 Å². The average Bonchev–Trinajstić information content (AvgIpc) is 2.38. The van der Waals surface area contributed by atoms with Crippen molar-refractivity contribution in [2.24, 2.45) is 0 Å². The molecular formula is C16H23NO2. The maximum atomic E-state index is 12.3. The number of morpholine rings is 1. The second-order valence-corrected chi connectivity index (χ2v) is 5.57. The number of amides is 1. The highest BCUT2D eigenvalue weighted by Crippen LogP contribution is 2.21. The Hall–Kier alpha value is -1.35. The van der Waals surface area contributed by atoms with Gasteiger partial charge in [0.15, 0.2) is 0 Å². The highest BCUT2D eigenvalue weighted by Gasteiger charge is 2.26. The summed E-state index contributed by atoms with van der Waals surface area (Å²) in [5.41, 5.74) is 1.23. The zero-order chi connectivity index (χ0) is 13.8. The van der Waals surface area contributed by atoms with Gasteiger partial charge in [0, 0.05) is 19.5 Å². The topological polar surface area (TPSA) is 29.5 Å². The summed E-state index contributed by atoms with van der Waals surface area (Å²) in [5, 5.41) is 0. The van der Waals surface area contributed by atoms with Crippen LogP contribution in [0.4, 0.5) is 0 Å². The quantitative estimate of drug-likeness (QED) is 0.837. The second-order valence-electron chi connectivity index (χ2n) is 5.57. The van der Waals surface area contributed by atoms with Crippen LogP contribution in [-0.4, -0.2) is 36.1 Å². The second kappa shape index (κ2) is 6.20. The summed E-state index contributed by atoms with van der Waals surface area (Å²) < 4.78 is 5.66. The lowest BCUT2D eigenvalue weighted by atomic mass is 9.97. The van der Waals surface area contributed by atoms with Gasteiger partial charge in [0.2, 0.25) is 5.91 Å². The summed E-state index contributed by atoms with van der Waals surface area (Å²) in [6, 6.07) is 10.2. The Morgan fingerprint density at radius 3 is 2.42 bits per heavy atom. The van der Waals surface area contributed by atoms with E-state index in [9.17, 15) is 4.79 Å². The van der Waals surface area contributed by atoms with Gasteiger partial charge in [0.05, 0.1) is 12.2 Å². The molecule has 0 unspecified atom stereocenters. The molecule has 1 saturated heterocycles. The van der Waals surface area contributed by atoms with Crippen molar-refractivity contribution >= 4 is 5.91 Å². The molecule has 1 aromatic rings. The van der Waals surface area contributed by atoms with Crippen molar-refractivity contribution in [2.75, 3.05) is 13.1 Å². The van der Waals surface area contributed by atoms with Gasteiger partial charge in [-0.1, -0.05) is 37.3 Å². The number of rotatable bonds is 3. The number of carbonyl (C=O) groups is 1. The molecule has 1 heterocycles. The smallest absolute Gasteiger partial charge is 0.223 e. The van der Waals surface area contributed by atoms with Crippen molar-refractivity contribution < 1.29 is 9.53 Å². The van der Waals surface area contributed by atoms with E-state index in [1.54, 1.807) is 0 Å². The van der Waals surface area contributed by atoms with Gasteiger partial charge in [-0.15, -0.1) is 0 Å². The number of ether oxygens (including phenoxy) is 1. The zero-order valence-electron chi connectivity index (χ0n) is 12.0. The van der Waals surface area contributed by atoms with Crippen LogP contribution in [0.5, 0.6) is 0 Å². The molecule has 1 aliphatic rings. The number of hydrogen-bond donors (Lipinski definition) is 0. The summed E-state index contributed by atoms with van der Waals surface area (Å²) in [4.78, 5) is 14.3. The first-order valence-corrected chi connectivity index (χ1v) is 7.04. The highest BCUT2D eigenvalue weighted by atomic mass is 16.5. The molecule has 1 fully saturated rings. The number of hydrogen-bond acceptors (Lipinski definition) is 2. The summed E-state index contributed by atoms with van der Waals surface area (Å²) in [6.07, 6.45) is 0.850. The minimum Gasteiger partial charge on any atom is -0.372 e. The Bertz CT molecular complexity index is 408. The third kappa shape index (κ3) is 3.80. The molecule has 1 aliphatic heterocycles. The molecule has 0 aromatic heterocycles. The number of benzene rings is 1. The minimum atomic E-state index is 0.139. The first-order chi connectivity index (χ1) is 9.06. The van der Waals surface area contributed by atoms with E-state index in [1.165, 1.54) is 5.56 Å². The van der Waals surface area contributed by atoms with Crippen LogP contribution in [0, 0.1) is 0 Å². The molecule has 0 aliphatic carbocycles. The maximum absolute atomic E-state index is 12.3. The van der Waals surface area contributed by atoms with Crippen LogP contribution in [0.2, 0.25) is 0 Å². The van der Waals surface area contributed by atoms with Crippen molar-refractivity contribution in [1.82, 2.24) is 4.90 Å². The van der Waals surface area contributed by atoms with E-state index in [2.05, 4.69) is 19.1 Å². The highest BCUT2D eigenvalue weighted by molar-refractivity contribution is 5.77. The maximum Gasteiger partial charge on any atom is 0.223 e. The fraction of sp³-hybridized carbons (Fsp3) is 0.562. The molecule has 3 heteroatoms. The monoisotopic (exact) mass is 261 g/mol. The third-order valence-electron chi connectivity index (χ3n) is 3.62. The Balaban J connectivity index is 1.93. The minimum absolute atomic E-state index is 0.139. The molecule has 0 bridgehead atoms. The van der Waals surface area contributed by atoms with Gasteiger partial charge >= 0.3 is 0 Å². The van der Waals surface area contributed by atoms with E-state index in [1.807, 2.05) is 36.9 Å². The molecule has 3 nitrogen and oxygen atoms in total. The van der Waals surface area contributed by atoms with Crippen LogP contribution >= 0.6 is 0 Å². The Morgan fingerprint density at radius 1 is 1.26 bits per heavy atom. The van der Waals surface area contributed by atoms with Gasteiger partial charge in [-0.05, 0) is 25.3 Å². The van der Waals surface area contributed by atoms with Crippen LogP contribution in [-0.2, 0) is 9.53 Å². The molecule has 0 spiro atoms. The predicted octanol–water partition coefficient (Wildman–Crippen LogP) is 2.82. The summed E-state index contributed by atoms with van der Waals surface area (Å²) in [5.74, 6) is 0.500. The lowest BCUT2D eigenvalue weighted by Gasteiger charge is -2.35. The van der Waals surface area contributed by atoms with E-state index < -0.39 is 0 Å². The molecule has 2 rings (SSSR count). The normalized spacial score (nSPS) is 25.1. The lowest BCUT2D eigenvalue weighted by molar-refractivity contribution is -0.143. The fourth-order valence-electron chi connectivity index (χ4n) is 2.67. The lowest BCUT2D eigenvalue weighted by Crippen LogP contribution is -2.48. The van der Waals surface area contributed by atoms with Crippen LogP contribution in [0.3, 0.4) is 0 Å². The molecule has 19 heavy (non-hydrogen) atoms. The molecule has 1 amide bonds. The fourth-order valence-corrected chi connectivity index (χ4v) is 2.67. The number of nitrogens with zero attached hydrogens (tertiary/aromatic N) is 1. The van der Waals surface area contributed by atoms with E-state index >= 15 is 0 Å². The van der Waals surface area contributed by atoms with E-state index in [0.29, 0.717) is 19.5 Å². The van der Waals surface area contributed by atoms with Gasteiger partial charge < -0.3 is 9.64 Å². The Labute approximate surface area is 115 Å². The Kier molecular flexibility index (Phi) is 4.59. The zero-order valence-corrected chi connectivity index (χ0v) is 12.0. The molecule has 104 valence electrons. The summed E-state index contributed by atoms with van der Waals surface area (Å²) >= 11 is 0. The van der Waals surface area contributed by atoms with Crippen LogP contribution in [0.1, 0.15) is 38.7 Å². The van der Waals surface area contributed by atoms with Crippen molar-refractivity contribution in [3.05, 3.63) is 35.9 Å². The third-order valence-corrected chi connectivity index (χ3v) is 3.62. The first kappa shape index (κ1) is 14.1. The first-order valence-electron chi connectivity index (χ1n) is 7.04. The van der Waals surface area contributed by atoms with E-state index in [4.69, 9.17) is 4.74 Å². The van der Waals surface area contributed by atoms with Crippen molar-refractivity contribution in [3.63, 3.8) is 0 Å². The van der Waals surface area contributed by atoms with Crippen LogP contribution in [0.25, 0.3) is 0 Å². The summed E-state index contributed by atoms with van der Waals surface area (Å²) in [6.45, 7) is 7.59. The molecule has 0 radical (unpaired) electrons. The Morgan fingerprint density at radius 2 is 1.84 bits per heavy atom. The number of carbonyl (C=O) groups excluding carboxylic acids is 1. The molecule has 1 aromatic carbocycles.